The molecule has 1 aliphatic rings. The summed E-state index contributed by atoms with van der Waals surface area (Å²) in [6.07, 6.45) is 0.841. The third-order valence-electron chi connectivity index (χ3n) is 3.16. The smallest absolute Gasteiger partial charge is 0.127 e. The van der Waals surface area contributed by atoms with E-state index in [4.69, 9.17) is 5.11 Å². The average molecular weight is 209 g/mol. The van der Waals surface area contributed by atoms with Gasteiger partial charge in [0.05, 0.1) is 0 Å². The van der Waals surface area contributed by atoms with Gasteiger partial charge in [-0.25, -0.2) is 4.39 Å². The average Bonchev–Trinajstić information content (AvgIpc) is 2.60. The quantitative estimate of drug-likeness (QED) is 0.803. The molecule has 0 unspecified atom stereocenters. The molecular formula is C12H16FNO. The minimum Gasteiger partial charge on any atom is -0.396 e. The molecule has 1 aromatic carbocycles. The van der Waals surface area contributed by atoms with E-state index in [1.807, 2.05) is 19.2 Å². The number of likely N-dealkylation sites (tertiary alicyclic amines) is 1. The number of benzene rings is 1. The molecule has 1 fully saturated rings. The van der Waals surface area contributed by atoms with E-state index in [0.717, 1.165) is 18.5 Å². The van der Waals surface area contributed by atoms with Gasteiger partial charge < -0.3 is 5.11 Å². The first-order valence-electron chi connectivity index (χ1n) is 5.28. The van der Waals surface area contributed by atoms with Gasteiger partial charge in [0.15, 0.2) is 0 Å². The lowest BCUT2D eigenvalue weighted by Gasteiger charge is -2.19. The minimum atomic E-state index is -0.145. The Labute approximate surface area is 89.3 Å². The Morgan fingerprint density at radius 3 is 2.80 bits per heavy atom. The maximum Gasteiger partial charge on any atom is 0.127 e. The number of halogens is 1. The van der Waals surface area contributed by atoms with E-state index in [2.05, 4.69) is 4.90 Å². The Hall–Kier alpha value is -0.930. The van der Waals surface area contributed by atoms with Crippen LogP contribution in [-0.4, -0.2) is 30.2 Å². The molecule has 1 aromatic rings. The molecule has 1 saturated heterocycles. The highest BCUT2D eigenvalue weighted by molar-refractivity contribution is 5.22. The fourth-order valence-corrected chi connectivity index (χ4v) is 2.35. The molecule has 3 heteroatoms. The predicted octanol–water partition coefficient (Wildman–Crippen LogP) is 1.81. The maximum absolute atomic E-state index is 13.6. The van der Waals surface area contributed by atoms with Crippen LogP contribution < -0.4 is 0 Å². The normalized spacial score (nSPS) is 27.1. The molecule has 0 radical (unpaired) electrons. The zero-order valence-electron chi connectivity index (χ0n) is 8.86. The summed E-state index contributed by atoms with van der Waals surface area (Å²) in [6.45, 7) is 1.03. The number of rotatable bonds is 2. The lowest BCUT2D eigenvalue weighted by Crippen LogP contribution is -2.19. The Kier molecular flexibility index (Phi) is 3.03. The zero-order valence-corrected chi connectivity index (χ0v) is 8.86. The van der Waals surface area contributed by atoms with Crippen molar-refractivity contribution >= 4 is 0 Å². The van der Waals surface area contributed by atoms with Gasteiger partial charge >= 0.3 is 0 Å². The van der Waals surface area contributed by atoms with Crippen molar-refractivity contribution in [1.82, 2.24) is 4.90 Å². The van der Waals surface area contributed by atoms with E-state index in [0.29, 0.717) is 0 Å². The predicted molar refractivity (Wildman–Crippen MR) is 57.0 cm³/mol. The minimum absolute atomic E-state index is 0.114. The van der Waals surface area contributed by atoms with Gasteiger partial charge in [-0.2, -0.15) is 0 Å². The Bertz CT molecular complexity index is 342. The van der Waals surface area contributed by atoms with E-state index < -0.39 is 0 Å². The first-order chi connectivity index (χ1) is 7.22. The summed E-state index contributed by atoms with van der Waals surface area (Å²) < 4.78 is 13.6. The molecule has 0 saturated carbocycles. The SMILES string of the molecule is CN1C[C@@H](CO)C[C@H]1c1ccccc1F. The lowest BCUT2D eigenvalue weighted by atomic mass is 10.00. The number of hydrogen-bond donors (Lipinski definition) is 1. The summed E-state index contributed by atoms with van der Waals surface area (Å²) in [5, 5.41) is 9.10. The topological polar surface area (TPSA) is 23.5 Å². The van der Waals surface area contributed by atoms with Crippen LogP contribution in [0.5, 0.6) is 0 Å². The lowest BCUT2D eigenvalue weighted by molar-refractivity contribution is 0.227. The molecule has 0 spiro atoms. The Balaban J connectivity index is 2.21. The van der Waals surface area contributed by atoms with Crippen molar-refractivity contribution < 1.29 is 9.50 Å². The molecule has 1 N–H and O–H groups in total. The van der Waals surface area contributed by atoms with Crippen LogP contribution in [0.4, 0.5) is 4.39 Å². The van der Waals surface area contributed by atoms with Gasteiger partial charge in [-0.1, -0.05) is 18.2 Å². The van der Waals surface area contributed by atoms with E-state index in [-0.39, 0.29) is 24.4 Å². The van der Waals surface area contributed by atoms with Gasteiger partial charge in [0.25, 0.3) is 0 Å². The summed E-state index contributed by atoms with van der Waals surface area (Å²) in [7, 11) is 1.98. The monoisotopic (exact) mass is 209 g/mol. The van der Waals surface area contributed by atoms with Crippen molar-refractivity contribution in [3.63, 3.8) is 0 Å². The van der Waals surface area contributed by atoms with Crippen molar-refractivity contribution in [1.29, 1.82) is 0 Å². The highest BCUT2D eigenvalue weighted by Gasteiger charge is 2.31. The fraction of sp³-hybridized carbons (Fsp3) is 0.500. The second kappa shape index (κ2) is 4.29. The van der Waals surface area contributed by atoms with E-state index in [9.17, 15) is 4.39 Å². The van der Waals surface area contributed by atoms with E-state index >= 15 is 0 Å². The van der Waals surface area contributed by atoms with Gasteiger partial charge in [-0.15, -0.1) is 0 Å². The van der Waals surface area contributed by atoms with Crippen LogP contribution in [0.25, 0.3) is 0 Å². The second-order valence-corrected chi connectivity index (χ2v) is 4.26. The van der Waals surface area contributed by atoms with Crippen LogP contribution in [0, 0.1) is 11.7 Å². The molecule has 0 amide bonds. The summed E-state index contributed by atoms with van der Waals surface area (Å²) >= 11 is 0. The molecule has 0 aliphatic carbocycles. The molecule has 1 heterocycles. The van der Waals surface area contributed by atoms with Gasteiger partial charge in [0.2, 0.25) is 0 Å². The van der Waals surface area contributed by atoms with Crippen LogP contribution in [0.3, 0.4) is 0 Å². The van der Waals surface area contributed by atoms with Crippen molar-refractivity contribution in [3.8, 4) is 0 Å². The first-order valence-corrected chi connectivity index (χ1v) is 5.28. The van der Waals surface area contributed by atoms with Gasteiger partial charge in [-0.3, -0.25) is 4.90 Å². The van der Waals surface area contributed by atoms with E-state index in [1.54, 1.807) is 6.07 Å². The molecule has 2 rings (SSSR count). The first kappa shape index (κ1) is 10.6. The summed E-state index contributed by atoms with van der Waals surface area (Å²) in [4.78, 5) is 2.11. The standard InChI is InChI=1S/C12H16FNO/c1-14-7-9(8-15)6-12(14)10-4-2-3-5-11(10)13/h2-5,9,12,15H,6-8H2,1H3/t9-,12-/m0/s1. The van der Waals surface area contributed by atoms with Crippen LogP contribution in [0.1, 0.15) is 18.0 Å². The second-order valence-electron chi connectivity index (χ2n) is 4.26. The van der Waals surface area contributed by atoms with Gasteiger partial charge in [-0.05, 0) is 25.5 Å². The Morgan fingerprint density at radius 1 is 1.47 bits per heavy atom. The maximum atomic E-state index is 13.6. The largest absolute Gasteiger partial charge is 0.396 e. The van der Waals surface area contributed by atoms with E-state index in [1.165, 1.54) is 6.07 Å². The van der Waals surface area contributed by atoms with Crippen LogP contribution in [-0.2, 0) is 0 Å². The summed E-state index contributed by atoms with van der Waals surface area (Å²) in [5.74, 6) is 0.132. The molecule has 0 bridgehead atoms. The van der Waals surface area contributed by atoms with Crippen molar-refractivity contribution in [2.24, 2.45) is 5.92 Å². The molecule has 0 aromatic heterocycles. The third-order valence-corrected chi connectivity index (χ3v) is 3.16. The summed E-state index contributed by atoms with van der Waals surface area (Å²) in [5.41, 5.74) is 0.746. The van der Waals surface area contributed by atoms with Crippen LogP contribution >= 0.6 is 0 Å². The number of aliphatic hydroxyl groups excluding tert-OH is 1. The van der Waals surface area contributed by atoms with Gasteiger partial charge in [0, 0.05) is 24.8 Å². The molecule has 2 atom stereocenters. The highest BCUT2D eigenvalue weighted by Crippen LogP contribution is 2.34. The van der Waals surface area contributed by atoms with Crippen LogP contribution in [0.2, 0.25) is 0 Å². The third kappa shape index (κ3) is 2.03. The number of nitrogens with zero attached hydrogens (tertiary/aromatic N) is 1. The molecule has 1 aliphatic heterocycles. The zero-order chi connectivity index (χ0) is 10.8. The highest BCUT2D eigenvalue weighted by atomic mass is 19.1. The van der Waals surface area contributed by atoms with Crippen molar-refractivity contribution in [3.05, 3.63) is 35.6 Å². The molecular weight excluding hydrogens is 193 g/mol. The molecule has 15 heavy (non-hydrogen) atoms. The van der Waals surface area contributed by atoms with Crippen molar-refractivity contribution in [2.75, 3.05) is 20.2 Å². The summed E-state index contributed by atoms with van der Waals surface area (Å²) in [6, 6.07) is 7.00. The molecule has 2 nitrogen and oxygen atoms in total. The van der Waals surface area contributed by atoms with Crippen molar-refractivity contribution in [2.45, 2.75) is 12.5 Å². The fourth-order valence-electron chi connectivity index (χ4n) is 2.35. The Morgan fingerprint density at radius 2 is 2.20 bits per heavy atom. The van der Waals surface area contributed by atoms with Gasteiger partial charge in [0.1, 0.15) is 5.82 Å². The number of hydrogen-bond acceptors (Lipinski definition) is 2. The van der Waals surface area contributed by atoms with Crippen LogP contribution in [0.15, 0.2) is 24.3 Å². The number of aliphatic hydroxyl groups is 1. The molecule has 82 valence electrons.